The van der Waals surface area contributed by atoms with Crippen molar-refractivity contribution in [1.82, 2.24) is 21.3 Å². The van der Waals surface area contributed by atoms with E-state index in [9.17, 15) is 23.1 Å². The Morgan fingerprint density at radius 3 is 2.67 bits per heavy atom. The average Bonchev–Trinajstić information content (AvgIpc) is 3.40. The van der Waals surface area contributed by atoms with Gasteiger partial charge in [0, 0.05) is 47.7 Å². The van der Waals surface area contributed by atoms with Crippen molar-refractivity contribution in [2.45, 2.75) is 87.1 Å². The van der Waals surface area contributed by atoms with Crippen molar-refractivity contribution in [2.75, 3.05) is 19.8 Å². The standard InChI is InChI=1S/C26H38ClF3N4O5/c27-21-6-3-17(12-20(21)26(28,29)30)34-25(37)33-16-1-4-18(5-2-16)39-19-7-8-31-23(13-19)22-11-15(14-32-22)24(36)38-10-9-35/h1,3,7-8,15,18-24,31-32,35-36H,2,4-6,9-14H2,(H2,33,34,37)/t15-,18-,19-,20-,21+,22?,23+,24?/m1/s1. The number of hydrogen-bond donors (Lipinski definition) is 6. The summed E-state index contributed by atoms with van der Waals surface area (Å²) in [5.74, 6) is -1.73. The molecule has 8 atom stereocenters. The lowest BCUT2D eigenvalue weighted by Gasteiger charge is -2.33. The van der Waals surface area contributed by atoms with Gasteiger partial charge in [-0.3, -0.25) is 0 Å². The van der Waals surface area contributed by atoms with E-state index in [0.717, 1.165) is 12.8 Å². The zero-order valence-electron chi connectivity index (χ0n) is 21.6. The van der Waals surface area contributed by atoms with Crippen LogP contribution in [-0.4, -0.2) is 78.1 Å². The Labute approximate surface area is 231 Å². The number of ether oxygens (including phenoxy) is 2. The number of urea groups is 1. The lowest BCUT2D eigenvalue weighted by atomic mass is 9.91. The van der Waals surface area contributed by atoms with Crippen molar-refractivity contribution < 1.29 is 37.7 Å². The minimum atomic E-state index is -4.41. The molecule has 0 radical (unpaired) electrons. The van der Waals surface area contributed by atoms with Crippen molar-refractivity contribution in [3.63, 3.8) is 0 Å². The van der Waals surface area contributed by atoms with Gasteiger partial charge in [0.25, 0.3) is 0 Å². The molecule has 2 amide bonds. The van der Waals surface area contributed by atoms with Crippen molar-refractivity contribution in [1.29, 1.82) is 0 Å². The van der Waals surface area contributed by atoms with Crippen LogP contribution in [0.5, 0.6) is 0 Å². The fraction of sp³-hybridized carbons (Fsp3) is 0.731. The number of amides is 2. The highest BCUT2D eigenvalue weighted by Crippen LogP contribution is 2.39. The fourth-order valence-electron chi connectivity index (χ4n) is 5.60. The van der Waals surface area contributed by atoms with Gasteiger partial charge in [-0.1, -0.05) is 12.2 Å². The van der Waals surface area contributed by atoms with Gasteiger partial charge in [0.15, 0.2) is 6.29 Å². The number of carbonyl (C=O) groups is 1. The van der Waals surface area contributed by atoms with E-state index in [0.29, 0.717) is 31.5 Å². The number of allylic oxidation sites excluding steroid dienone is 3. The first kappa shape index (κ1) is 30.1. The zero-order valence-corrected chi connectivity index (χ0v) is 22.4. The third-order valence-electron chi connectivity index (χ3n) is 7.74. The third-order valence-corrected chi connectivity index (χ3v) is 8.22. The maximum Gasteiger partial charge on any atom is 0.393 e. The van der Waals surface area contributed by atoms with Crippen LogP contribution in [0, 0.1) is 11.8 Å². The Morgan fingerprint density at radius 1 is 1.18 bits per heavy atom. The Hall–Kier alpha value is -1.83. The van der Waals surface area contributed by atoms with Gasteiger partial charge in [-0.05, 0) is 50.8 Å². The third kappa shape index (κ3) is 8.58. The van der Waals surface area contributed by atoms with E-state index in [1.54, 1.807) is 6.08 Å². The number of carbonyl (C=O) groups excluding carboxylic acids is 1. The molecule has 0 saturated carbocycles. The van der Waals surface area contributed by atoms with Crippen LogP contribution < -0.4 is 21.3 Å². The first-order valence-corrected chi connectivity index (χ1v) is 13.9. The van der Waals surface area contributed by atoms with E-state index in [1.165, 1.54) is 0 Å². The summed E-state index contributed by atoms with van der Waals surface area (Å²) in [6.07, 6.45) is 5.04. The van der Waals surface area contributed by atoms with Gasteiger partial charge in [0.1, 0.15) is 0 Å². The first-order valence-electron chi connectivity index (χ1n) is 13.5. The molecule has 0 bridgehead atoms. The number of hydrogen-bond acceptors (Lipinski definition) is 7. The smallest absolute Gasteiger partial charge is 0.393 e. The second kappa shape index (κ2) is 13.7. The summed E-state index contributed by atoms with van der Waals surface area (Å²) >= 11 is 5.84. The largest absolute Gasteiger partial charge is 0.394 e. The zero-order chi connectivity index (χ0) is 28.0. The summed E-state index contributed by atoms with van der Waals surface area (Å²) in [5.41, 5.74) is 0.945. The van der Waals surface area contributed by atoms with Crippen LogP contribution >= 0.6 is 11.6 Å². The van der Waals surface area contributed by atoms with E-state index in [1.807, 2.05) is 18.4 Å². The van der Waals surface area contributed by atoms with E-state index in [-0.39, 0.29) is 62.0 Å². The minimum Gasteiger partial charge on any atom is -0.394 e. The summed E-state index contributed by atoms with van der Waals surface area (Å²) in [6, 6.07) is -0.269. The molecule has 1 fully saturated rings. The number of alkyl halides is 4. The molecule has 2 aliphatic heterocycles. The predicted octanol–water partition coefficient (Wildman–Crippen LogP) is 2.75. The highest BCUT2D eigenvalue weighted by molar-refractivity contribution is 6.21. The lowest BCUT2D eigenvalue weighted by Crippen LogP contribution is -2.47. The molecular formula is C26H38ClF3N4O5. The van der Waals surface area contributed by atoms with Crippen molar-refractivity contribution in [3.8, 4) is 0 Å². The summed E-state index contributed by atoms with van der Waals surface area (Å²) in [6.45, 7) is 0.611. The molecular weight excluding hydrogens is 541 g/mol. The van der Waals surface area contributed by atoms with Gasteiger partial charge in [0.2, 0.25) is 0 Å². The second-order valence-corrected chi connectivity index (χ2v) is 11.1. The van der Waals surface area contributed by atoms with Gasteiger partial charge < -0.3 is 41.0 Å². The number of aliphatic hydroxyl groups excluding tert-OH is 2. The highest BCUT2D eigenvalue weighted by Gasteiger charge is 2.45. The molecule has 0 spiro atoms. The molecule has 13 heteroatoms. The summed E-state index contributed by atoms with van der Waals surface area (Å²) in [7, 11) is 0. The second-order valence-electron chi connectivity index (χ2n) is 10.6. The highest BCUT2D eigenvalue weighted by atomic mass is 35.5. The first-order chi connectivity index (χ1) is 18.6. The predicted molar refractivity (Wildman–Crippen MR) is 138 cm³/mol. The molecule has 0 aromatic rings. The lowest BCUT2D eigenvalue weighted by molar-refractivity contribution is -0.175. The fourth-order valence-corrected chi connectivity index (χ4v) is 5.92. The molecule has 9 nitrogen and oxygen atoms in total. The summed E-state index contributed by atoms with van der Waals surface area (Å²) < 4.78 is 51.1. The van der Waals surface area contributed by atoms with Crippen LogP contribution in [0.1, 0.15) is 44.9 Å². The van der Waals surface area contributed by atoms with Gasteiger partial charge in [-0.25, -0.2) is 4.79 Å². The molecule has 2 heterocycles. The van der Waals surface area contributed by atoms with Gasteiger partial charge in [-0.15, -0.1) is 11.6 Å². The Morgan fingerprint density at radius 2 is 1.95 bits per heavy atom. The van der Waals surface area contributed by atoms with Gasteiger partial charge in [0.05, 0.1) is 31.3 Å². The molecule has 0 aromatic heterocycles. The normalized spacial score (nSPS) is 34.1. The van der Waals surface area contributed by atoms with E-state index in [2.05, 4.69) is 21.3 Å². The minimum absolute atomic E-state index is 0.0146. The van der Waals surface area contributed by atoms with E-state index in [4.69, 9.17) is 26.2 Å². The SMILES string of the molecule is O=C(NC1=CC[C@@H](O[C@@H]2C=CN[C@H](C3C[C@@H](C(O)OCCO)CN3)C2)CC1)NC1=CC[C@H](Cl)[C@H](C(F)(F)F)C1. The number of rotatable bonds is 9. The molecule has 4 aliphatic rings. The van der Waals surface area contributed by atoms with E-state index < -0.39 is 29.8 Å². The van der Waals surface area contributed by atoms with Crippen LogP contribution in [0.4, 0.5) is 18.0 Å². The van der Waals surface area contributed by atoms with Crippen molar-refractivity contribution in [2.24, 2.45) is 11.8 Å². The Balaban J connectivity index is 1.19. The molecule has 220 valence electrons. The van der Waals surface area contributed by atoms with Crippen molar-refractivity contribution in [3.05, 3.63) is 35.8 Å². The molecule has 0 aromatic carbocycles. The number of nitrogens with one attached hydrogen (secondary N) is 4. The van der Waals surface area contributed by atoms with Gasteiger partial charge >= 0.3 is 12.2 Å². The topological polar surface area (TPSA) is 124 Å². The summed E-state index contributed by atoms with van der Waals surface area (Å²) in [4.78, 5) is 12.4. The summed E-state index contributed by atoms with van der Waals surface area (Å²) in [5, 5.41) is 30.1. The van der Waals surface area contributed by atoms with Crippen LogP contribution in [0.2, 0.25) is 0 Å². The van der Waals surface area contributed by atoms with Crippen LogP contribution in [-0.2, 0) is 9.47 Å². The van der Waals surface area contributed by atoms with Gasteiger partial charge in [-0.2, -0.15) is 13.2 Å². The Kier molecular flexibility index (Phi) is 10.6. The molecule has 2 unspecified atom stereocenters. The molecule has 6 N–H and O–H groups in total. The average molecular weight is 579 g/mol. The van der Waals surface area contributed by atoms with Crippen LogP contribution in [0.15, 0.2) is 35.8 Å². The molecule has 4 rings (SSSR count). The maximum atomic E-state index is 13.2. The monoisotopic (exact) mass is 578 g/mol. The molecule has 1 saturated heterocycles. The molecule has 39 heavy (non-hydrogen) atoms. The molecule has 2 aliphatic carbocycles. The van der Waals surface area contributed by atoms with Crippen molar-refractivity contribution >= 4 is 17.6 Å². The number of aliphatic hydroxyl groups is 2. The van der Waals surface area contributed by atoms with Crippen LogP contribution in [0.25, 0.3) is 0 Å². The number of halogens is 4. The van der Waals surface area contributed by atoms with E-state index >= 15 is 0 Å². The Bertz CT molecular complexity index is 934. The quantitative estimate of drug-likeness (QED) is 0.184. The maximum absolute atomic E-state index is 13.2. The van der Waals surface area contributed by atoms with Crippen LogP contribution in [0.3, 0.4) is 0 Å².